The predicted octanol–water partition coefficient (Wildman–Crippen LogP) is 3.14. The van der Waals surface area contributed by atoms with Crippen LogP contribution < -0.4 is 9.64 Å². The van der Waals surface area contributed by atoms with Crippen molar-refractivity contribution in [3.05, 3.63) is 29.8 Å². The Hall–Kier alpha value is -1.77. The van der Waals surface area contributed by atoms with E-state index in [1.165, 1.54) is 0 Å². The molecule has 3 nitrogen and oxygen atoms in total. The smallest absolute Gasteiger partial charge is 0.143 e. The lowest BCUT2D eigenvalue weighted by Crippen LogP contribution is -2.21. The molecule has 0 spiro atoms. The van der Waals surface area contributed by atoms with Crippen LogP contribution in [0.25, 0.3) is 5.57 Å². The van der Waals surface area contributed by atoms with Crippen molar-refractivity contribution in [2.45, 2.75) is 20.8 Å². The minimum Gasteiger partial charge on any atom is -0.496 e. The number of hydrogen-bond acceptors (Lipinski definition) is 3. The van der Waals surface area contributed by atoms with Crippen molar-refractivity contribution < 1.29 is 9.53 Å². The van der Waals surface area contributed by atoms with Crippen LogP contribution in [0.15, 0.2) is 24.3 Å². The number of hydrogen-bond donors (Lipinski definition) is 0. The molecule has 0 unspecified atom stereocenters. The van der Waals surface area contributed by atoms with Crippen LogP contribution in [0.4, 0.5) is 5.69 Å². The Morgan fingerprint density at radius 1 is 1.33 bits per heavy atom. The minimum absolute atomic E-state index is 0.799. The fourth-order valence-electron chi connectivity index (χ4n) is 1.98. The monoisotopic (exact) mass is 247 g/mol. The molecule has 1 rings (SSSR count). The van der Waals surface area contributed by atoms with Gasteiger partial charge in [0, 0.05) is 30.4 Å². The Balaban J connectivity index is 3.18. The number of allylic oxidation sites excluding steroid dienone is 2. The number of anilines is 1. The fourth-order valence-corrected chi connectivity index (χ4v) is 1.98. The summed E-state index contributed by atoms with van der Waals surface area (Å²) in [5, 5.41) is 0. The zero-order valence-corrected chi connectivity index (χ0v) is 11.6. The summed E-state index contributed by atoms with van der Waals surface area (Å²) in [6.45, 7) is 8.08. The maximum absolute atomic E-state index is 10.5. The summed E-state index contributed by atoms with van der Waals surface area (Å²) in [5.41, 5.74) is 3.01. The standard InChI is InChI=1S/C15H21NO2/c1-5-16(6-2)13-7-8-14(12(3)9-10-17)15(11-13)18-4/h7-11H,5-6H2,1-4H3/b12-9-. The molecule has 0 bridgehead atoms. The summed E-state index contributed by atoms with van der Waals surface area (Å²) < 4.78 is 5.41. The van der Waals surface area contributed by atoms with Gasteiger partial charge in [0.15, 0.2) is 0 Å². The highest BCUT2D eigenvalue weighted by Gasteiger charge is 2.09. The molecule has 0 radical (unpaired) electrons. The Morgan fingerprint density at radius 3 is 2.50 bits per heavy atom. The molecule has 0 N–H and O–H groups in total. The Bertz CT molecular complexity index is 434. The van der Waals surface area contributed by atoms with E-state index in [0.29, 0.717) is 0 Å². The van der Waals surface area contributed by atoms with Crippen LogP contribution in [0.2, 0.25) is 0 Å². The number of aldehydes is 1. The third-order valence-electron chi connectivity index (χ3n) is 3.06. The molecule has 0 aliphatic heterocycles. The summed E-state index contributed by atoms with van der Waals surface area (Å²) in [6.07, 6.45) is 2.35. The number of rotatable bonds is 6. The van der Waals surface area contributed by atoms with Gasteiger partial charge in [0.1, 0.15) is 12.0 Å². The Kier molecular flexibility index (Phi) is 5.43. The second kappa shape index (κ2) is 6.84. The van der Waals surface area contributed by atoms with Gasteiger partial charge in [-0.1, -0.05) is 0 Å². The molecule has 0 aromatic heterocycles. The first-order valence-corrected chi connectivity index (χ1v) is 6.23. The molecule has 98 valence electrons. The van der Waals surface area contributed by atoms with Crippen molar-refractivity contribution in [3.63, 3.8) is 0 Å². The number of nitrogens with zero attached hydrogens (tertiary/aromatic N) is 1. The molecule has 0 aliphatic carbocycles. The molecule has 1 aromatic carbocycles. The van der Waals surface area contributed by atoms with E-state index in [2.05, 4.69) is 24.8 Å². The molecule has 0 amide bonds. The first kappa shape index (κ1) is 14.3. The van der Waals surface area contributed by atoms with Crippen LogP contribution in [-0.4, -0.2) is 26.5 Å². The van der Waals surface area contributed by atoms with Crippen molar-refractivity contribution in [1.29, 1.82) is 0 Å². The molecular formula is C15H21NO2. The van der Waals surface area contributed by atoms with Gasteiger partial charge in [-0.15, -0.1) is 0 Å². The van der Waals surface area contributed by atoms with Crippen molar-refractivity contribution in [2.24, 2.45) is 0 Å². The van der Waals surface area contributed by atoms with Gasteiger partial charge >= 0.3 is 0 Å². The van der Waals surface area contributed by atoms with E-state index < -0.39 is 0 Å². The number of benzene rings is 1. The highest BCUT2D eigenvalue weighted by atomic mass is 16.5. The van der Waals surface area contributed by atoms with Gasteiger partial charge in [-0.3, -0.25) is 4.79 Å². The molecular weight excluding hydrogens is 226 g/mol. The van der Waals surface area contributed by atoms with Gasteiger partial charge in [-0.05, 0) is 44.6 Å². The molecule has 1 aromatic rings. The van der Waals surface area contributed by atoms with Crippen LogP contribution in [0, 0.1) is 0 Å². The first-order chi connectivity index (χ1) is 8.67. The number of carbonyl (C=O) groups is 1. The topological polar surface area (TPSA) is 29.5 Å². The zero-order chi connectivity index (χ0) is 13.5. The van der Waals surface area contributed by atoms with E-state index in [1.807, 2.05) is 19.1 Å². The van der Waals surface area contributed by atoms with Gasteiger partial charge in [0.25, 0.3) is 0 Å². The number of ether oxygens (including phenoxy) is 1. The van der Waals surface area contributed by atoms with Crippen molar-refractivity contribution >= 4 is 17.5 Å². The van der Waals surface area contributed by atoms with E-state index in [1.54, 1.807) is 13.2 Å². The SMILES string of the molecule is CCN(CC)c1ccc(/C(C)=C\C=O)c(OC)c1. The first-order valence-electron chi connectivity index (χ1n) is 6.23. The minimum atomic E-state index is 0.799. The third-order valence-corrected chi connectivity index (χ3v) is 3.06. The summed E-state index contributed by atoms with van der Waals surface area (Å²) in [6, 6.07) is 6.08. The molecule has 0 fully saturated rings. The average molecular weight is 247 g/mol. The lowest BCUT2D eigenvalue weighted by Gasteiger charge is -2.22. The summed E-state index contributed by atoms with van der Waals surface area (Å²) in [4.78, 5) is 12.8. The van der Waals surface area contributed by atoms with Gasteiger partial charge in [-0.2, -0.15) is 0 Å². The van der Waals surface area contributed by atoms with Crippen LogP contribution >= 0.6 is 0 Å². The second-order valence-electron chi connectivity index (χ2n) is 4.04. The van der Waals surface area contributed by atoms with E-state index >= 15 is 0 Å². The highest BCUT2D eigenvalue weighted by Crippen LogP contribution is 2.30. The summed E-state index contributed by atoms with van der Waals surface area (Å²) >= 11 is 0. The van der Waals surface area contributed by atoms with E-state index in [4.69, 9.17) is 4.74 Å². The maximum atomic E-state index is 10.5. The van der Waals surface area contributed by atoms with Crippen LogP contribution in [0.3, 0.4) is 0 Å². The molecule has 0 atom stereocenters. The van der Waals surface area contributed by atoms with Gasteiger partial charge in [0.05, 0.1) is 7.11 Å². The average Bonchev–Trinajstić information content (AvgIpc) is 2.40. The Labute approximate surface area is 109 Å². The predicted molar refractivity (Wildman–Crippen MR) is 76.3 cm³/mol. The fraction of sp³-hybridized carbons (Fsp3) is 0.400. The number of methoxy groups -OCH3 is 1. The highest BCUT2D eigenvalue weighted by molar-refractivity contribution is 5.83. The summed E-state index contributed by atoms with van der Waals surface area (Å²) in [7, 11) is 1.65. The van der Waals surface area contributed by atoms with Crippen LogP contribution in [0.5, 0.6) is 5.75 Å². The quantitative estimate of drug-likeness (QED) is 0.571. The molecule has 0 aliphatic rings. The zero-order valence-electron chi connectivity index (χ0n) is 11.6. The van der Waals surface area contributed by atoms with E-state index in [-0.39, 0.29) is 0 Å². The van der Waals surface area contributed by atoms with E-state index in [0.717, 1.165) is 41.9 Å². The molecule has 0 heterocycles. The van der Waals surface area contributed by atoms with Crippen molar-refractivity contribution in [1.82, 2.24) is 0 Å². The second-order valence-corrected chi connectivity index (χ2v) is 4.04. The van der Waals surface area contributed by atoms with Gasteiger partial charge in [0.2, 0.25) is 0 Å². The molecule has 0 saturated heterocycles. The Morgan fingerprint density at radius 2 is 2.00 bits per heavy atom. The van der Waals surface area contributed by atoms with Crippen molar-refractivity contribution in [3.8, 4) is 5.75 Å². The van der Waals surface area contributed by atoms with Gasteiger partial charge in [-0.25, -0.2) is 0 Å². The number of carbonyl (C=O) groups excluding carboxylic acids is 1. The maximum Gasteiger partial charge on any atom is 0.143 e. The van der Waals surface area contributed by atoms with Gasteiger partial charge < -0.3 is 9.64 Å². The lowest BCUT2D eigenvalue weighted by atomic mass is 10.1. The van der Waals surface area contributed by atoms with Crippen LogP contribution in [-0.2, 0) is 4.79 Å². The van der Waals surface area contributed by atoms with Crippen LogP contribution in [0.1, 0.15) is 26.3 Å². The molecule has 0 saturated carbocycles. The summed E-state index contributed by atoms with van der Waals surface area (Å²) in [5.74, 6) is 0.801. The largest absolute Gasteiger partial charge is 0.496 e. The van der Waals surface area contributed by atoms with E-state index in [9.17, 15) is 4.79 Å². The normalized spacial score (nSPS) is 11.2. The third kappa shape index (κ3) is 3.13. The lowest BCUT2D eigenvalue weighted by molar-refractivity contribution is -0.104. The van der Waals surface area contributed by atoms with Crippen molar-refractivity contribution in [2.75, 3.05) is 25.1 Å². The molecule has 3 heteroatoms. The molecule has 18 heavy (non-hydrogen) atoms.